The molecule has 0 aliphatic heterocycles. The zero-order valence-electron chi connectivity index (χ0n) is 19.8. The molecule has 7 nitrogen and oxygen atoms in total. The number of hydrogen-bond acceptors (Lipinski definition) is 4. The van der Waals surface area contributed by atoms with Gasteiger partial charge in [0.1, 0.15) is 11.4 Å². The lowest BCUT2D eigenvalue weighted by Crippen LogP contribution is -2.23. The largest absolute Gasteiger partial charge is 0.497 e. The van der Waals surface area contributed by atoms with Crippen molar-refractivity contribution in [2.24, 2.45) is 0 Å². The Balaban J connectivity index is 1.58. The van der Waals surface area contributed by atoms with Crippen molar-refractivity contribution in [3.8, 4) is 22.7 Å². The van der Waals surface area contributed by atoms with Crippen LogP contribution < -0.4 is 15.4 Å². The second-order valence-corrected chi connectivity index (χ2v) is 8.08. The van der Waals surface area contributed by atoms with Gasteiger partial charge in [0.05, 0.1) is 18.4 Å². The van der Waals surface area contributed by atoms with Crippen molar-refractivity contribution < 1.29 is 14.3 Å². The van der Waals surface area contributed by atoms with E-state index in [-0.39, 0.29) is 11.8 Å². The van der Waals surface area contributed by atoms with Crippen LogP contribution in [0.25, 0.3) is 16.9 Å². The van der Waals surface area contributed by atoms with Gasteiger partial charge >= 0.3 is 0 Å². The van der Waals surface area contributed by atoms with E-state index >= 15 is 0 Å². The average molecular weight is 469 g/mol. The third kappa shape index (κ3) is 5.95. The molecule has 7 heteroatoms. The van der Waals surface area contributed by atoms with Gasteiger partial charge in [-0.05, 0) is 48.4 Å². The number of nitrogens with zero attached hydrogens (tertiary/aromatic N) is 2. The molecule has 0 fully saturated rings. The summed E-state index contributed by atoms with van der Waals surface area (Å²) in [7, 11) is 1.61. The topological polar surface area (TPSA) is 85.3 Å². The van der Waals surface area contributed by atoms with E-state index < -0.39 is 0 Å². The number of ether oxygens (including phenoxy) is 1. The Labute approximate surface area is 204 Å². The summed E-state index contributed by atoms with van der Waals surface area (Å²) in [5.41, 5.74) is 4.24. The van der Waals surface area contributed by atoms with E-state index in [1.807, 2.05) is 85.8 Å². The Bertz CT molecular complexity index is 1310. The lowest BCUT2D eigenvalue weighted by atomic mass is 10.1. The summed E-state index contributed by atoms with van der Waals surface area (Å²) in [6, 6.07) is 24.6. The molecule has 178 valence electrons. The van der Waals surface area contributed by atoms with Crippen LogP contribution in [0.1, 0.15) is 35.7 Å². The minimum Gasteiger partial charge on any atom is -0.497 e. The van der Waals surface area contributed by atoms with Crippen LogP contribution >= 0.6 is 0 Å². The van der Waals surface area contributed by atoms with Crippen molar-refractivity contribution >= 4 is 17.5 Å². The zero-order chi connectivity index (χ0) is 24.6. The fourth-order valence-corrected chi connectivity index (χ4v) is 3.72. The minimum atomic E-state index is -0.245. The van der Waals surface area contributed by atoms with Gasteiger partial charge in [0.15, 0.2) is 0 Å². The molecule has 2 N–H and O–H groups in total. The number of para-hydroxylation sites is 1. The normalized spacial score (nSPS) is 10.6. The standard InChI is InChI=1S/C28H28N4O3/c1-3-9-26(33)30-22-12-7-10-20(16-22)18-29-28(34)25-19-32(23-13-5-4-6-14-23)31-27(25)21-11-8-15-24(17-21)35-2/h4-8,10-17,19H,3,9,18H2,1-2H3,(H,29,34)(H,30,33). The van der Waals surface area contributed by atoms with Crippen LogP contribution in [0.4, 0.5) is 5.69 Å². The molecule has 2 amide bonds. The number of amides is 2. The molecule has 0 spiro atoms. The summed E-state index contributed by atoms with van der Waals surface area (Å²) < 4.78 is 7.06. The van der Waals surface area contributed by atoms with Gasteiger partial charge in [-0.15, -0.1) is 0 Å². The number of carbonyl (C=O) groups excluding carboxylic acids is 2. The van der Waals surface area contributed by atoms with Gasteiger partial charge in [0, 0.05) is 30.4 Å². The number of anilines is 1. The van der Waals surface area contributed by atoms with Gasteiger partial charge in [-0.3, -0.25) is 9.59 Å². The van der Waals surface area contributed by atoms with Crippen LogP contribution in [0, 0.1) is 0 Å². The molecular formula is C28H28N4O3. The third-order valence-electron chi connectivity index (χ3n) is 5.46. The molecular weight excluding hydrogens is 440 g/mol. The molecule has 0 saturated heterocycles. The van der Waals surface area contributed by atoms with Gasteiger partial charge in [0.25, 0.3) is 5.91 Å². The van der Waals surface area contributed by atoms with Crippen molar-refractivity contribution in [3.63, 3.8) is 0 Å². The van der Waals surface area contributed by atoms with Gasteiger partial charge in [0.2, 0.25) is 5.91 Å². The highest BCUT2D eigenvalue weighted by Crippen LogP contribution is 2.27. The Morgan fingerprint density at radius 1 is 0.971 bits per heavy atom. The third-order valence-corrected chi connectivity index (χ3v) is 5.46. The Hall–Kier alpha value is -4.39. The van der Waals surface area contributed by atoms with Gasteiger partial charge in [-0.2, -0.15) is 5.10 Å². The van der Waals surface area contributed by atoms with E-state index in [1.165, 1.54) is 0 Å². The highest BCUT2D eigenvalue weighted by atomic mass is 16.5. The summed E-state index contributed by atoms with van der Waals surface area (Å²) in [6.45, 7) is 2.27. The molecule has 35 heavy (non-hydrogen) atoms. The first-order valence-corrected chi connectivity index (χ1v) is 11.5. The molecule has 0 aliphatic rings. The molecule has 0 radical (unpaired) electrons. The van der Waals surface area contributed by atoms with E-state index in [2.05, 4.69) is 10.6 Å². The van der Waals surface area contributed by atoms with E-state index in [0.29, 0.717) is 35.7 Å². The summed E-state index contributed by atoms with van der Waals surface area (Å²) >= 11 is 0. The average Bonchev–Trinajstić information content (AvgIpc) is 3.34. The molecule has 3 aromatic carbocycles. The zero-order valence-corrected chi connectivity index (χ0v) is 19.8. The first-order valence-electron chi connectivity index (χ1n) is 11.5. The Kier molecular flexibility index (Phi) is 7.57. The maximum atomic E-state index is 13.3. The van der Waals surface area contributed by atoms with Crippen LogP contribution in [0.15, 0.2) is 85.1 Å². The fourth-order valence-electron chi connectivity index (χ4n) is 3.72. The molecule has 0 aliphatic carbocycles. The number of carbonyl (C=O) groups is 2. The predicted molar refractivity (Wildman–Crippen MR) is 137 cm³/mol. The second kappa shape index (κ2) is 11.2. The van der Waals surface area contributed by atoms with Gasteiger partial charge in [-0.25, -0.2) is 4.68 Å². The molecule has 0 saturated carbocycles. The van der Waals surface area contributed by atoms with Gasteiger partial charge in [-0.1, -0.05) is 49.4 Å². The smallest absolute Gasteiger partial charge is 0.255 e. The van der Waals surface area contributed by atoms with Crippen LogP contribution in [0.3, 0.4) is 0 Å². The van der Waals surface area contributed by atoms with Crippen molar-refractivity contribution in [2.45, 2.75) is 26.3 Å². The quantitative estimate of drug-likeness (QED) is 0.353. The Morgan fingerprint density at radius 3 is 2.54 bits per heavy atom. The number of aromatic nitrogens is 2. The number of methoxy groups -OCH3 is 1. The molecule has 1 heterocycles. The molecule has 1 aromatic heterocycles. The molecule has 0 unspecified atom stereocenters. The molecule has 4 aromatic rings. The second-order valence-electron chi connectivity index (χ2n) is 8.08. The van der Waals surface area contributed by atoms with Crippen molar-refractivity contribution in [2.75, 3.05) is 12.4 Å². The fraction of sp³-hybridized carbons (Fsp3) is 0.179. The monoisotopic (exact) mass is 468 g/mol. The lowest BCUT2D eigenvalue weighted by molar-refractivity contribution is -0.116. The summed E-state index contributed by atoms with van der Waals surface area (Å²) in [6.07, 6.45) is 2.99. The summed E-state index contributed by atoms with van der Waals surface area (Å²) in [4.78, 5) is 25.2. The van der Waals surface area contributed by atoms with Gasteiger partial charge < -0.3 is 15.4 Å². The van der Waals surface area contributed by atoms with E-state index in [1.54, 1.807) is 18.0 Å². The van der Waals surface area contributed by atoms with Crippen LogP contribution in [-0.2, 0) is 11.3 Å². The van der Waals surface area contributed by atoms with Crippen LogP contribution in [0.2, 0.25) is 0 Å². The van der Waals surface area contributed by atoms with E-state index in [4.69, 9.17) is 9.84 Å². The maximum absolute atomic E-state index is 13.3. The van der Waals surface area contributed by atoms with E-state index in [0.717, 1.165) is 23.2 Å². The molecule has 0 atom stereocenters. The first kappa shape index (κ1) is 23.8. The highest BCUT2D eigenvalue weighted by molar-refractivity contribution is 6.00. The molecule has 0 bridgehead atoms. The first-order chi connectivity index (χ1) is 17.1. The maximum Gasteiger partial charge on any atom is 0.255 e. The summed E-state index contributed by atoms with van der Waals surface area (Å²) in [5.74, 6) is 0.417. The van der Waals surface area contributed by atoms with Crippen molar-refractivity contribution in [3.05, 3.63) is 96.2 Å². The van der Waals surface area contributed by atoms with E-state index in [9.17, 15) is 9.59 Å². The predicted octanol–water partition coefficient (Wildman–Crippen LogP) is 5.22. The minimum absolute atomic E-state index is 0.0232. The SMILES string of the molecule is CCCC(=O)Nc1cccc(CNC(=O)c2cn(-c3ccccc3)nc2-c2cccc(OC)c2)c1. The van der Waals surface area contributed by atoms with Crippen LogP contribution in [-0.4, -0.2) is 28.7 Å². The van der Waals surface area contributed by atoms with Crippen LogP contribution in [0.5, 0.6) is 5.75 Å². The van der Waals surface area contributed by atoms with Crippen molar-refractivity contribution in [1.82, 2.24) is 15.1 Å². The lowest BCUT2D eigenvalue weighted by Gasteiger charge is -2.09. The van der Waals surface area contributed by atoms with Crippen molar-refractivity contribution in [1.29, 1.82) is 0 Å². The number of benzene rings is 3. The number of hydrogen-bond donors (Lipinski definition) is 2. The highest BCUT2D eigenvalue weighted by Gasteiger charge is 2.19. The summed E-state index contributed by atoms with van der Waals surface area (Å²) in [5, 5.41) is 10.6. The molecule has 4 rings (SSSR count). The number of rotatable bonds is 9. The Morgan fingerprint density at radius 2 is 1.77 bits per heavy atom. The number of nitrogens with one attached hydrogen (secondary N) is 2.